The first-order chi connectivity index (χ1) is 8.98. The van der Waals surface area contributed by atoms with Crippen molar-refractivity contribution in [1.29, 1.82) is 0 Å². The molecule has 0 amide bonds. The van der Waals surface area contributed by atoms with Crippen LogP contribution in [0.4, 0.5) is 13.2 Å². The molecule has 2 saturated heterocycles. The monoisotopic (exact) mass is 288 g/mol. The fourth-order valence-corrected chi connectivity index (χ4v) is 4.98. The van der Waals surface area contributed by atoms with Crippen LogP contribution >= 0.6 is 11.8 Å². The van der Waals surface area contributed by atoms with Gasteiger partial charge < -0.3 is 5.11 Å². The Kier molecular flexibility index (Phi) is 3.29. The molecule has 2 aliphatic rings. The lowest BCUT2D eigenvalue weighted by Crippen LogP contribution is -2.34. The van der Waals surface area contributed by atoms with Crippen LogP contribution in [-0.4, -0.2) is 15.6 Å². The molecule has 19 heavy (non-hydrogen) atoms. The van der Waals surface area contributed by atoms with Gasteiger partial charge in [0, 0.05) is 10.5 Å². The van der Waals surface area contributed by atoms with E-state index in [2.05, 4.69) is 0 Å². The van der Waals surface area contributed by atoms with E-state index in [0.29, 0.717) is 28.9 Å². The molecule has 0 spiro atoms. The lowest BCUT2D eigenvalue weighted by Gasteiger charge is -2.36. The number of benzene rings is 1. The standard InChI is InChI=1S/C14H15F3OS/c15-12-5-8(1-4-11(12)13(16)17)14(18)6-9-2-3-10(7-14)19-9/h1,4-5,9-10,13,18H,2-3,6-7H2. The molecule has 2 atom stereocenters. The van der Waals surface area contributed by atoms with E-state index in [4.69, 9.17) is 0 Å². The number of aliphatic hydroxyl groups is 1. The number of fused-ring (bicyclic) bond motifs is 2. The predicted octanol–water partition coefficient (Wildman–Crippen LogP) is 4.01. The molecule has 1 N–H and O–H groups in total. The van der Waals surface area contributed by atoms with Gasteiger partial charge in [0.05, 0.1) is 11.2 Å². The van der Waals surface area contributed by atoms with Crippen molar-refractivity contribution < 1.29 is 18.3 Å². The predicted molar refractivity (Wildman–Crippen MR) is 68.9 cm³/mol. The van der Waals surface area contributed by atoms with Crippen molar-refractivity contribution in [2.45, 2.75) is 48.2 Å². The summed E-state index contributed by atoms with van der Waals surface area (Å²) in [6.45, 7) is 0. The summed E-state index contributed by atoms with van der Waals surface area (Å²) in [5.41, 5.74) is -1.22. The van der Waals surface area contributed by atoms with Crippen LogP contribution in [0.15, 0.2) is 18.2 Å². The van der Waals surface area contributed by atoms with Gasteiger partial charge in [-0.3, -0.25) is 0 Å². The Bertz CT molecular complexity index is 480. The molecule has 104 valence electrons. The second-order valence-electron chi connectivity index (χ2n) is 5.43. The molecule has 5 heteroatoms. The zero-order chi connectivity index (χ0) is 13.6. The van der Waals surface area contributed by atoms with Crippen molar-refractivity contribution in [1.82, 2.24) is 0 Å². The van der Waals surface area contributed by atoms with Crippen molar-refractivity contribution in [2.24, 2.45) is 0 Å². The van der Waals surface area contributed by atoms with E-state index >= 15 is 0 Å². The van der Waals surface area contributed by atoms with Crippen LogP contribution < -0.4 is 0 Å². The molecule has 2 aliphatic heterocycles. The first-order valence-corrected chi connectivity index (χ1v) is 7.38. The Labute approximate surface area is 114 Å². The lowest BCUT2D eigenvalue weighted by atomic mass is 9.85. The number of alkyl halides is 2. The highest BCUT2D eigenvalue weighted by Crippen LogP contribution is 2.51. The van der Waals surface area contributed by atoms with Gasteiger partial charge in [0.2, 0.25) is 0 Å². The fraction of sp³-hybridized carbons (Fsp3) is 0.571. The largest absolute Gasteiger partial charge is 0.385 e. The first-order valence-electron chi connectivity index (χ1n) is 6.44. The topological polar surface area (TPSA) is 20.2 Å². The molecule has 0 saturated carbocycles. The number of halogens is 3. The summed E-state index contributed by atoms with van der Waals surface area (Å²) in [6, 6.07) is 3.62. The van der Waals surface area contributed by atoms with E-state index in [1.165, 1.54) is 6.07 Å². The van der Waals surface area contributed by atoms with Gasteiger partial charge in [0.15, 0.2) is 0 Å². The van der Waals surface area contributed by atoms with Gasteiger partial charge in [-0.1, -0.05) is 12.1 Å². The third kappa shape index (κ3) is 2.38. The Morgan fingerprint density at radius 3 is 2.37 bits per heavy atom. The SMILES string of the molecule is OC1(c2ccc(C(F)F)c(F)c2)CC2CCC(C1)S2. The fourth-order valence-electron chi connectivity index (χ4n) is 3.15. The molecule has 0 aromatic heterocycles. The highest BCUT2D eigenvalue weighted by molar-refractivity contribution is 8.00. The first kappa shape index (κ1) is 13.3. The van der Waals surface area contributed by atoms with E-state index in [1.807, 2.05) is 11.8 Å². The lowest BCUT2D eigenvalue weighted by molar-refractivity contribution is 0.0192. The zero-order valence-corrected chi connectivity index (χ0v) is 11.1. The summed E-state index contributed by atoms with van der Waals surface area (Å²) in [7, 11) is 0. The molecule has 2 heterocycles. The van der Waals surface area contributed by atoms with Crippen molar-refractivity contribution in [2.75, 3.05) is 0 Å². The van der Waals surface area contributed by atoms with Crippen molar-refractivity contribution in [3.05, 3.63) is 35.1 Å². The number of rotatable bonds is 2. The third-order valence-electron chi connectivity index (χ3n) is 4.10. The van der Waals surface area contributed by atoms with Crippen molar-refractivity contribution in [3.8, 4) is 0 Å². The van der Waals surface area contributed by atoms with Crippen LogP contribution in [0, 0.1) is 5.82 Å². The maximum Gasteiger partial charge on any atom is 0.266 e. The second-order valence-corrected chi connectivity index (χ2v) is 7.04. The van der Waals surface area contributed by atoms with Gasteiger partial charge in [-0.05, 0) is 37.3 Å². The summed E-state index contributed by atoms with van der Waals surface area (Å²) in [5.74, 6) is -0.925. The second kappa shape index (κ2) is 4.70. The van der Waals surface area contributed by atoms with Gasteiger partial charge in [0.25, 0.3) is 6.43 Å². The molecule has 1 aromatic carbocycles. The molecule has 2 fully saturated rings. The zero-order valence-electron chi connectivity index (χ0n) is 10.3. The summed E-state index contributed by atoms with van der Waals surface area (Å²) in [6.07, 6.45) is 0.509. The van der Waals surface area contributed by atoms with E-state index < -0.39 is 23.4 Å². The van der Waals surface area contributed by atoms with E-state index in [1.54, 1.807) is 0 Å². The normalized spacial score (nSPS) is 33.9. The van der Waals surface area contributed by atoms with Crippen LogP contribution in [0.25, 0.3) is 0 Å². The smallest absolute Gasteiger partial charge is 0.266 e. The number of hydrogen-bond acceptors (Lipinski definition) is 2. The van der Waals surface area contributed by atoms with Crippen molar-refractivity contribution in [3.63, 3.8) is 0 Å². The molecule has 2 bridgehead atoms. The summed E-state index contributed by atoms with van der Waals surface area (Å²) >= 11 is 1.89. The Hall–Kier alpha value is -0.680. The molecule has 1 aromatic rings. The average Bonchev–Trinajstić information content (AvgIpc) is 2.68. The highest BCUT2D eigenvalue weighted by atomic mass is 32.2. The summed E-state index contributed by atoms with van der Waals surface area (Å²) in [4.78, 5) is 0. The number of hydrogen-bond donors (Lipinski definition) is 1. The Morgan fingerprint density at radius 2 is 1.84 bits per heavy atom. The highest BCUT2D eigenvalue weighted by Gasteiger charge is 2.44. The van der Waals surface area contributed by atoms with Gasteiger partial charge in [0.1, 0.15) is 5.82 Å². The maximum absolute atomic E-state index is 13.6. The molecular weight excluding hydrogens is 273 g/mol. The summed E-state index contributed by atoms with van der Waals surface area (Å²) in [5, 5.41) is 11.5. The van der Waals surface area contributed by atoms with Crippen LogP contribution in [0.1, 0.15) is 43.2 Å². The van der Waals surface area contributed by atoms with E-state index in [-0.39, 0.29) is 0 Å². The molecular formula is C14H15F3OS. The molecule has 2 unspecified atom stereocenters. The molecule has 0 aliphatic carbocycles. The van der Waals surface area contributed by atoms with Crippen LogP contribution in [0.3, 0.4) is 0 Å². The van der Waals surface area contributed by atoms with Gasteiger partial charge in [-0.25, -0.2) is 13.2 Å². The maximum atomic E-state index is 13.6. The van der Waals surface area contributed by atoms with Crippen LogP contribution in [0.5, 0.6) is 0 Å². The third-order valence-corrected chi connectivity index (χ3v) is 5.67. The Morgan fingerprint density at radius 1 is 1.21 bits per heavy atom. The summed E-state index contributed by atoms with van der Waals surface area (Å²) < 4.78 is 38.7. The minimum atomic E-state index is -2.82. The molecule has 0 radical (unpaired) electrons. The Balaban J connectivity index is 1.91. The van der Waals surface area contributed by atoms with Crippen molar-refractivity contribution >= 4 is 11.8 Å². The van der Waals surface area contributed by atoms with Gasteiger partial charge in [-0.2, -0.15) is 11.8 Å². The van der Waals surface area contributed by atoms with Crippen LogP contribution in [0.2, 0.25) is 0 Å². The molecule has 3 rings (SSSR count). The minimum Gasteiger partial charge on any atom is -0.385 e. The van der Waals surface area contributed by atoms with Crippen LogP contribution in [-0.2, 0) is 5.60 Å². The van der Waals surface area contributed by atoms with Gasteiger partial charge >= 0.3 is 0 Å². The van der Waals surface area contributed by atoms with Gasteiger partial charge in [-0.15, -0.1) is 0 Å². The van der Waals surface area contributed by atoms with E-state index in [9.17, 15) is 18.3 Å². The average molecular weight is 288 g/mol. The van der Waals surface area contributed by atoms with E-state index in [0.717, 1.165) is 25.0 Å². The minimum absolute atomic E-state index is 0.404. The number of thioether (sulfide) groups is 1. The molecule has 1 nitrogen and oxygen atoms in total. The quantitative estimate of drug-likeness (QED) is 0.887.